The summed E-state index contributed by atoms with van der Waals surface area (Å²) in [6, 6.07) is 7.22. The molecule has 0 spiro atoms. The van der Waals surface area contributed by atoms with E-state index in [1.165, 1.54) is 0 Å². The molecule has 2 aromatic rings. The Bertz CT molecular complexity index is 623. The highest BCUT2D eigenvalue weighted by atomic mass is 32.2. The Morgan fingerprint density at radius 2 is 1.95 bits per heavy atom. The maximum Gasteiger partial charge on any atom is 0.450 e. The fourth-order valence-corrected chi connectivity index (χ4v) is 2.21. The van der Waals surface area contributed by atoms with E-state index in [-0.39, 0.29) is 11.7 Å². The number of nitrogens with zero attached hydrogens (tertiary/aromatic N) is 2. The first-order valence-electron chi connectivity index (χ1n) is 6.06. The minimum absolute atomic E-state index is 0.160. The average molecular weight is 316 g/mol. The van der Waals surface area contributed by atoms with Crippen LogP contribution in [0.15, 0.2) is 33.7 Å². The number of benzene rings is 1. The Labute approximate surface area is 122 Å². The van der Waals surface area contributed by atoms with Crippen molar-refractivity contribution < 1.29 is 22.5 Å². The van der Waals surface area contributed by atoms with Gasteiger partial charge in [0.25, 0.3) is 0 Å². The highest BCUT2D eigenvalue weighted by Gasteiger charge is 2.39. The summed E-state index contributed by atoms with van der Waals surface area (Å²) in [6.45, 7) is 2.03. The van der Waals surface area contributed by atoms with E-state index in [0.29, 0.717) is 5.56 Å². The second-order valence-corrected chi connectivity index (χ2v) is 5.40. The number of thioether (sulfide) groups is 1. The third-order valence-electron chi connectivity index (χ3n) is 2.52. The summed E-state index contributed by atoms with van der Waals surface area (Å²) in [4.78, 5) is 15.7. The lowest BCUT2D eigenvalue weighted by Gasteiger charge is -2.01. The molecule has 8 heteroatoms. The lowest BCUT2D eigenvalue weighted by molar-refractivity contribution is -0.170. The van der Waals surface area contributed by atoms with Gasteiger partial charge >= 0.3 is 6.18 Å². The number of ketones is 1. The Balaban J connectivity index is 2.10. The van der Waals surface area contributed by atoms with Crippen LogP contribution in [-0.4, -0.2) is 27.9 Å². The second-order valence-electron chi connectivity index (χ2n) is 4.07. The van der Waals surface area contributed by atoms with E-state index in [4.69, 9.17) is 0 Å². The molecular formula is C13H11F3N2O2S. The van der Waals surface area contributed by atoms with Crippen LogP contribution in [0.4, 0.5) is 13.2 Å². The number of rotatable bonds is 5. The average Bonchev–Trinajstić information content (AvgIpc) is 2.87. The molecule has 0 atom stereocenters. The van der Waals surface area contributed by atoms with Gasteiger partial charge in [0.1, 0.15) is 0 Å². The molecule has 2 rings (SSSR count). The van der Waals surface area contributed by atoms with E-state index in [1.54, 1.807) is 23.9 Å². The molecule has 0 saturated heterocycles. The maximum atomic E-state index is 12.1. The van der Waals surface area contributed by atoms with Gasteiger partial charge in [-0.25, -0.2) is 0 Å². The van der Waals surface area contributed by atoms with Crippen molar-refractivity contribution in [3.05, 3.63) is 30.2 Å². The summed E-state index contributed by atoms with van der Waals surface area (Å²) in [5.74, 6) is -1.16. The van der Waals surface area contributed by atoms with E-state index >= 15 is 0 Å². The molecule has 21 heavy (non-hydrogen) atoms. The highest BCUT2D eigenvalue weighted by molar-refractivity contribution is 7.99. The molecule has 1 heterocycles. The fraction of sp³-hybridized carbons (Fsp3) is 0.308. The van der Waals surface area contributed by atoms with Gasteiger partial charge in [-0.1, -0.05) is 12.1 Å². The molecule has 0 bridgehead atoms. The molecule has 0 aliphatic carbocycles. The topological polar surface area (TPSA) is 56.0 Å². The molecule has 112 valence electrons. The van der Waals surface area contributed by atoms with Crippen molar-refractivity contribution in [2.45, 2.75) is 24.4 Å². The molecule has 0 aliphatic rings. The maximum absolute atomic E-state index is 12.1. The number of carbonyl (C=O) groups excluding carboxylic acids is 1. The lowest BCUT2D eigenvalue weighted by atomic mass is 10.2. The van der Waals surface area contributed by atoms with Crippen LogP contribution in [0.3, 0.4) is 0 Å². The summed E-state index contributed by atoms with van der Waals surface area (Å²) in [7, 11) is 0. The summed E-state index contributed by atoms with van der Waals surface area (Å²) >= 11 is 1.66. The zero-order valence-corrected chi connectivity index (χ0v) is 11.8. The van der Waals surface area contributed by atoms with E-state index < -0.39 is 18.4 Å². The van der Waals surface area contributed by atoms with Gasteiger partial charge in [0, 0.05) is 10.5 Å². The fourth-order valence-electron chi connectivity index (χ4n) is 1.55. The molecule has 0 amide bonds. The number of carbonyl (C=O) groups is 1. The minimum Gasteiger partial charge on any atom is -0.338 e. The molecule has 4 nitrogen and oxygen atoms in total. The standard InChI is InChI=1S/C13H11F3N2O2S/c1-2-21-9-5-3-8(4-6-9)12-17-11(20-18-12)7-10(19)13(14,15)16/h3-6H,2,7H2,1H3. The van der Waals surface area contributed by atoms with Gasteiger partial charge in [0.2, 0.25) is 17.5 Å². The molecule has 1 aromatic heterocycles. The molecule has 0 saturated carbocycles. The number of hydrogen-bond acceptors (Lipinski definition) is 5. The largest absolute Gasteiger partial charge is 0.450 e. The van der Waals surface area contributed by atoms with Crippen LogP contribution in [0.5, 0.6) is 0 Å². The zero-order valence-electron chi connectivity index (χ0n) is 11.0. The van der Waals surface area contributed by atoms with Gasteiger partial charge < -0.3 is 4.52 Å². The lowest BCUT2D eigenvalue weighted by Crippen LogP contribution is -2.24. The molecule has 0 aliphatic heterocycles. The number of Topliss-reactive ketones (excluding diaryl/α,β-unsaturated/α-hetero) is 1. The predicted octanol–water partition coefficient (Wildman–Crippen LogP) is 3.52. The van der Waals surface area contributed by atoms with E-state index in [1.807, 2.05) is 19.1 Å². The van der Waals surface area contributed by atoms with Gasteiger partial charge in [0.05, 0.1) is 6.42 Å². The quantitative estimate of drug-likeness (QED) is 0.790. The van der Waals surface area contributed by atoms with Gasteiger partial charge in [0.15, 0.2) is 0 Å². The van der Waals surface area contributed by atoms with E-state index in [0.717, 1.165) is 10.6 Å². The second kappa shape index (κ2) is 6.30. The Morgan fingerprint density at radius 3 is 2.52 bits per heavy atom. The summed E-state index contributed by atoms with van der Waals surface area (Å²) in [5.41, 5.74) is 0.616. The van der Waals surface area contributed by atoms with Gasteiger partial charge in [-0.3, -0.25) is 4.79 Å². The summed E-state index contributed by atoms with van der Waals surface area (Å²) < 4.78 is 41.1. The monoisotopic (exact) mass is 316 g/mol. The van der Waals surface area contributed by atoms with Crippen LogP contribution in [0.2, 0.25) is 0 Å². The van der Waals surface area contributed by atoms with Crippen molar-refractivity contribution >= 4 is 17.5 Å². The van der Waals surface area contributed by atoms with Gasteiger partial charge in [-0.05, 0) is 30.0 Å². The molecule has 0 fully saturated rings. The first-order chi connectivity index (χ1) is 9.90. The van der Waals surface area contributed by atoms with Crippen molar-refractivity contribution in [2.24, 2.45) is 0 Å². The van der Waals surface area contributed by atoms with Gasteiger partial charge in [-0.15, -0.1) is 11.8 Å². The molecule has 1 aromatic carbocycles. The van der Waals surface area contributed by atoms with Crippen LogP contribution < -0.4 is 0 Å². The Kier molecular flexibility index (Phi) is 4.66. The first-order valence-corrected chi connectivity index (χ1v) is 7.04. The van der Waals surface area contributed by atoms with Crippen molar-refractivity contribution in [2.75, 3.05) is 5.75 Å². The number of halogens is 3. The van der Waals surface area contributed by atoms with Crippen molar-refractivity contribution in [1.82, 2.24) is 10.1 Å². The third kappa shape index (κ3) is 4.07. The Hall–Kier alpha value is -1.83. The van der Waals surface area contributed by atoms with E-state index in [2.05, 4.69) is 14.7 Å². The van der Waals surface area contributed by atoms with Crippen LogP contribution in [-0.2, 0) is 11.2 Å². The van der Waals surface area contributed by atoms with Crippen molar-refractivity contribution in [3.63, 3.8) is 0 Å². The van der Waals surface area contributed by atoms with E-state index in [9.17, 15) is 18.0 Å². The first kappa shape index (κ1) is 15.6. The van der Waals surface area contributed by atoms with Crippen molar-refractivity contribution in [1.29, 1.82) is 0 Å². The molecule has 0 N–H and O–H groups in total. The summed E-state index contributed by atoms with van der Waals surface area (Å²) in [5, 5.41) is 3.58. The minimum atomic E-state index is -4.90. The number of aromatic nitrogens is 2. The number of hydrogen-bond donors (Lipinski definition) is 0. The smallest absolute Gasteiger partial charge is 0.338 e. The van der Waals surface area contributed by atoms with Crippen LogP contribution in [0.25, 0.3) is 11.4 Å². The number of alkyl halides is 3. The Morgan fingerprint density at radius 1 is 1.29 bits per heavy atom. The highest BCUT2D eigenvalue weighted by Crippen LogP contribution is 2.23. The zero-order chi connectivity index (χ0) is 15.5. The van der Waals surface area contributed by atoms with Crippen LogP contribution in [0, 0.1) is 0 Å². The van der Waals surface area contributed by atoms with Crippen LogP contribution in [0.1, 0.15) is 12.8 Å². The normalized spacial score (nSPS) is 11.6. The predicted molar refractivity (Wildman–Crippen MR) is 70.9 cm³/mol. The molecule has 0 radical (unpaired) electrons. The summed E-state index contributed by atoms with van der Waals surface area (Å²) in [6.07, 6.45) is -5.84. The SMILES string of the molecule is CCSc1ccc(-c2noc(CC(=O)C(F)(F)F)n2)cc1. The van der Waals surface area contributed by atoms with Gasteiger partial charge in [-0.2, -0.15) is 18.2 Å². The third-order valence-corrected chi connectivity index (χ3v) is 3.41. The van der Waals surface area contributed by atoms with Crippen LogP contribution >= 0.6 is 11.8 Å². The van der Waals surface area contributed by atoms with Crippen molar-refractivity contribution in [3.8, 4) is 11.4 Å². The molecular weight excluding hydrogens is 305 g/mol. The molecule has 0 unspecified atom stereocenters.